The van der Waals surface area contributed by atoms with Crippen LogP contribution in [0.25, 0.3) is 0 Å². The van der Waals surface area contributed by atoms with Crippen LogP contribution >= 0.6 is 13.8 Å². The van der Waals surface area contributed by atoms with Crippen LogP contribution in [-0.4, -0.2) is 99.0 Å². The molecule has 0 saturated heterocycles. The van der Waals surface area contributed by atoms with Crippen LogP contribution in [-0.2, 0) is 30.9 Å². The Kier molecular flexibility index (Phi) is 15.2. The maximum atomic E-state index is 14.1. The van der Waals surface area contributed by atoms with E-state index in [9.17, 15) is 9.59 Å². The van der Waals surface area contributed by atoms with Crippen molar-refractivity contribution in [3.05, 3.63) is 10.9 Å². The van der Waals surface area contributed by atoms with Crippen molar-refractivity contribution in [2.45, 2.75) is 159 Å². The maximum Gasteiger partial charge on any atom is 0.343 e. The van der Waals surface area contributed by atoms with Crippen LogP contribution in [0.2, 0.25) is 0 Å². The number of methoxy groups -OCH3 is 2. The van der Waals surface area contributed by atoms with E-state index in [1.54, 1.807) is 0 Å². The van der Waals surface area contributed by atoms with Gasteiger partial charge in [-0.2, -0.15) is 0 Å². The van der Waals surface area contributed by atoms with E-state index in [0.717, 1.165) is 0 Å². The lowest BCUT2D eigenvalue weighted by atomic mass is 10.2. The van der Waals surface area contributed by atoms with E-state index in [1.807, 2.05) is 0 Å². The molecule has 0 fully saturated rings. The number of esters is 2. The molecule has 1 aliphatic heterocycles. The van der Waals surface area contributed by atoms with Crippen LogP contribution in [0.4, 0.5) is 0 Å². The molecule has 0 aromatic heterocycles. The first-order valence-corrected chi connectivity index (χ1v) is 20.3. The molecule has 0 radical (unpaired) electrons. The SMILES string of the molecule is COC(=O)C1=C(C(=O)OC)P(N(C(C)C)C(C)C)(N(C(C)C)C(C)C)=N/C1=N/P(=S)(N(C(C)C)C(C)C)N(C(C)C)C(C)C. The van der Waals surface area contributed by atoms with Crippen molar-refractivity contribution in [1.82, 2.24) is 18.7 Å². The largest absolute Gasteiger partial charge is 0.465 e. The van der Waals surface area contributed by atoms with E-state index in [2.05, 4.69) is 129 Å². The summed E-state index contributed by atoms with van der Waals surface area (Å²) in [6.07, 6.45) is 0. The fraction of sp³-hybridized carbons (Fsp3) is 0.839. The fourth-order valence-electron chi connectivity index (χ4n) is 6.85. The van der Waals surface area contributed by atoms with E-state index < -0.39 is 25.8 Å². The van der Waals surface area contributed by atoms with Crippen molar-refractivity contribution in [2.75, 3.05) is 14.2 Å². The summed E-state index contributed by atoms with van der Waals surface area (Å²) in [6, 6.07) is 0.115. The van der Waals surface area contributed by atoms with Crippen molar-refractivity contribution in [3.8, 4) is 0 Å². The third kappa shape index (κ3) is 7.95. The van der Waals surface area contributed by atoms with Gasteiger partial charge in [-0.25, -0.2) is 37.8 Å². The lowest BCUT2D eigenvalue weighted by Crippen LogP contribution is -2.46. The smallest absolute Gasteiger partial charge is 0.343 e. The fourth-order valence-corrected chi connectivity index (χ4v) is 17.5. The van der Waals surface area contributed by atoms with Gasteiger partial charge in [0.2, 0.25) is 0 Å². The van der Waals surface area contributed by atoms with Gasteiger partial charge in [0.15, 0.2) is 12.3 Å². The van der Waals surface area contributed by atoms with E-state index in [0.29, 0.717) is 0 Å². The Morgan fingerprint density at radius 3 is 1.20 bits per heavy atom. The van der Waals surface area contributed by atoms with E-state index in [1.165, 1.54) is 14.2 Å². The van der Waals surface area contributed by atoms with Crippen molar-refractivity contribution in [3.63, 3.8) is 0 Å². The summed E-state index contributed by atoms with van der Waals surface area (Å²) < 4.78 is 31.0. The Labute approximate surface area is 274 Å². The highest BCUT2D eigenvalue weighted by Gasteiger charge is 2.54. The minimum Gasteiger partial charge on any atom is -0.465 e. The summed E-state index contributed by atoms with van der Waals surface area (Å²) in [5, 5.41) is 0.221. The molecule has 0 aromatic carbocycles. The second-order valence-corrected chi connectivity index (χ2v) is 19.9. The van der Waals surface area contributed by atoms with Crippen LogP contribution in [0.1, 0.15) is 111 Å². The molecule has 1 heterocycles. The summed E-state index contributed by atoms with van der Waals surface area (Å²) in [7, 11) is -0.523. The summed E-state index contributed by atoms with van der Waals surface area (Å²) in [5.41, 5.74) is 0.0550. The standard InChI is InChI=1S/C31H62N6O4P2S/c1-19(2)34(20(3)4)42(35(21(5)6)22(7)8)28(31(39)41-18)27(30(38)40-17)29(32-42)33-43(44,36(23(9)10)24(11)12)37(25(13)14)26(15)16/h19-26H,1-18H3/b33-29+. The molecule has 1 aliphatic rings. The number of ether oxygens (including phenoxy) is 2. The van der Waals surface area contributed by atoms with Crippen molar-refractivity contribution >= 4 is 43.4 Å². The van der Waals surface area contributed by atoms with Crippen LogP contribution in [0.5, 0.6) is 0 Å². The van der Waals surface area contributed by atoms with Crippen LogP contribution in [0, 0.1) is 0 Å². The minimum absolute atomic E-state index is 0.0290. The van der Waals surface area contributed by atoms with Gasteiger partial charge in [0.05, 0.1) is 14.2 Å². The first-order chi connectivity index (χ1) is 20.1. The molecule has 0 aliphatic carbocycles. The highest BCUT2D eigenvalue weighted by Crippen LogP contribution is 2.71. The molecule has 1 rings (SSSR count). The Bertz CT molecular complexity index is 1110. The quantitative estimate of drug-likeness (QED) is 0.128. The topological polar surface area (TPSA) is 90.3 Å². The first kappa shape index (κ1) is 41.1. The van der Waals surface area contributed by atoms with Gasteiger partial charge in [-0.05, 0) is 123 Å². The second kappa shape index (κ2) is 16.3. The molecule has 44 heavy (non-hydrogen) atoms. The second-order valence-electron chi connectivity index (χ2n) is 13.6. The molecule has 13 heteroatoms. The third-order valence-corrected chi connectivity index (χ3v) is 17.0. The summed E-state index contributed by atoms with van der Waals surface area (Å²) in [6.45, 7) is 30.8. The Morgan fingerprint density at radius 2 is 0.955 bits per heavy atom. The monoisotopic (exact) mass is 676 g/mol. The van der Waals surface area contributed by atoms with Gasteiger partial charge in [-0.1, -0.05) is 0 Å². The molecule has 0 bridgehead atoms. The molecular weight excluding hydrogens is 614 g/mol. The predicted octanol–water partition coefficient (Wildman–Crippen LogP) is 7.73. The third-order valence-electron chi connectivity index (χ3n) is 7.47. The van der Waals surface area contributed by atoms with Gasteiger partial charge in [0.25, 0.3) is 0 Å². The zero-order valence-electron chi connectivity index (χ0n) is 30.7. The van der Waals surface area contributed by atoms with Gasteiger partial charge in [-0.15, -0.1) is 0 Å². The lowest BCUT2D eigenvalue weighted by Gasteiger charge is -2.50. The number of nitrogens with zero attached hydrogens (tertiary/aromatic N) is 6. The number of carbonyl (C=O) groups is 2. The molecule has 0 saturated carbocycles. The van der Waals surface area contributed by atoms with Gasteiger partial charge in [0.1, 0.15) is 18.2 Å². The molecule has 256 valence electrons. The summed E-state index contributed by atoms with van der Waals surface area (Å²) >= 11 is 6.72. The van der Waals surface area contributed by atoms with E-state index in [4.69, 9.17) is 30.8 Å². The number of rotatable bonds is 15. The molecule has 0 amide bonds. The van der Waals surface area contributed by atoms with Gasteiger partial charge in [0, 0.05) is 48.3 Å². The van der Waals surface area contributed by atoms with Crippen LogP contribution in [0.3, 0.4) is 0 Å². The minimum atomic E-state index is -3.20. The molecule has 0 N–H and O–H groups in total. The average molecular weight is 677 g/mol. The Hall–Kier alpha value is -0.930. The van der Waals surface area contributed by atoms with Crippen molar-refractivity contribution in [1.29, 1.82) is 0 Å². The number of hydrogen-bond donors (Lipinski definition) is 0. The zero-order chi connectivity index (χ0) is 34.6. The van der Waals surface area contributed by atoms with Crippen molar-refractivity contribution in [2.24, 2.45) is 9.51 Å². The predicted molar refractivity (Wildman–Crippen MR) is 191 cm³/mol. The first-order valence-electron chi connectivity index (χ1n) is 16.0. The van der Waals surface area contributed by atoms with Gasteiger partial charge < -0.3 is 9.47 Å². The van der Waals surface area contributed by atoms with Gasteiger partial charge >= 0.3 is 11.9 Å². The Balaban J connectivity index is 4.86. The number of hydrogen-bond acceptors (Lipinski definition) is 7. The number of amidine groups is 1. The maximum absolute atomic E-state index is 14.1. The van der Waals surface area contributed by atoms with Crippen LogP contribution in [0.15, 0.2) is 20.4 Å². The van der Waals surface area contributed by atoms with Crippen LogP contribution < -0.4 is 0 Å². The lowest BCUT2D eigenvalue weighted by molar-refractivity contribution is -0.138. The number of carbonyl (C=O) groups excluding carboxylic acids is 2. The van der Waals surface area contributed by atoms with E-state index in [-0.39, 0.29) is 65.1 Å². The zero-order valence-corrected chi connectivity index (χ0v) is 33.3. The Morgan fingerprint density at radius 1 is 0.636 bits per heavy atom. The summed E-state index contributed by atoms with van der Waals surface area (Å²) in [4.78, 5) is 28.0. The normalized spacial score (nSPS) is 17.2. The molecular formula is C31H62N6O4P2S. The van der Waals surface area contributed by atoms with Crippen molar-refractivity contribution < 1.29 is 19.1 Å². The molecule has 0 unspecified atom stereocenters. The molecule has 10 nitrogen and oxygen atoms in total. The average Bonchev–Trinajstić information content (AvgIpc) is 3.14. The molecule has 0 spiro atoms. The molecule has 0 atom stereocenters. The highest BCUT2D eigenvalue weighted by atomic mass is 32.4. The summed E-state index contributed by atoms with van der Waals surface area (Å²) in [5.74, 6) is -1.09. The highest BCUT2D eigenvalue weighted by molar-refractivity contribution is 8.11. The molecule has 0 aromatic rings. The van der Waals surface area contributed by atoms with Gasteiger partial charge in [-0.3, -0.25) is 0 Å². The van der Waals surface area contributed by atoms with E-state index >= 15 is 0 Å².